The van der Waals surface area contributed by atoms with E-state index in [-0.39, 0.29) is 29.3 Å². The molecule has 0 amide bonds. The van der Waals surface area contributed by atoms with E-state index in [1.165, 1.54) is 6.07 Å². The van der Waals surface area contributed by atoms with E-state index in [1.54, 1.807) is 13.2 Å². The molecule has 0 radical (unpaired) electrons. The zero-order chi connectivity index (χ0) is 20.1. The van der Waals surface area contributed by atoms with Crippen molar-refractivity contribution in [3.8, 4) is 11.5 Å². The quantitative estimate of drug-likeness (QED) is 0.276. The van der Waals surface area contributed by atoms with E-state index in [4.69, 9.17) is 4.74 Å². The van der Waals surface area contributed by atoms with Crippen molar-refractivity contribution in [1.82, 2.24) is 0 Å². The van der Waals surface area contributed by atoms with Crippen LogP contribution in [0.4, 0.5) is 11.4 Å². The number of non-ortho nitro benzene ring substituents is 1. The van der Waals surface area contributed by atoms with Gasteiger partial charge in [0.15, 0.2) is 0 Å². The minimum Gasteiger partial charge on any atom is -0.506 e. The van der Waals surface area contributed by atoms with Crippen molar-refractivity contribution in [2.24, 2.45) is 5.92 Å². The van der Waals surface area contributed by atoms with Gasteiger partial charge in [-0.3, -0.25) is 10.1 Å². The van der Waals surface area contributed by atoms with Gasteiger partial charge in [-0.2, -0.15) is 0 Å². The summed E-state index contributed by atoms with van der Waals surface area (Å²) in [7, 11) is 1.66. The van der Waals surface area contributed by atoms with Crippen LogP contribution in [-0.2, 0) is 0 Å². The lowest BCUT2D eigenvalue weighted by atomic mass is 9.75. The Hall–Kier alpha value is -3.54. The summed E-state index contributed by atoms with van der Waals surface area (Å²) in [5.74, 6) is 0.850. The number of hydrogen-bond donors (Lipinski definition) is 2. The molecular weight excluding hydrogens is 368 g/mol. The van der Waals surface area contributed by atoms with Gasteiger partial charge in [0.05, 0.1) is 29.8 Å². The van der Waals surface area contributed by atoms with Crippen LogP contribution in [0.2, 0.25) is 0 Å². The molecule has 0 saturated carbocycles. The molecule has 3 aromatic carbocycles. The summed E-state index contributed by atoms with van der Waals surface area (Å²) in [4.78, 5) is 10.8. The lowest BCUT2D eigenvalue weighted by Gasteiger charge is -2.38. The number of anilines is 1. The van der Waals surface area contributed by atoms with Crippen LogP contribution in [0.5, 0.6) is 11.5 Å². The average molecular weight is 388 g/mol. The summed E-state index contributed by atoms with van der Waals surface area (Å²) in [6.07, 6.45) is 5.06. The molecule has 5 rings (SSSR count). The van der Waals surface area contributed by atoms with E-state index in [1.807, 2.05) is 24.3 Å². The number of benzene rings is 3. The van der Waals surface area contributed by atoms with Crippen molar-refractivity contribution in [1.29, 1.82) is 0 Å². The van der Waals surface area contributed by atoms with E-state index < -0.39 is 4.92 Å². The topological polar surface area (TPSA) is 84.6 Å². The van der Waals surface area contributed by atoms with E-state index >= 15 is 0 Å². The first-order valence-electron chi connectivity index (χ1n) is 9.58. The smallest absolute Gasteiger partial charge is 0.273 e. The van der Waals surface area contributed by atoms with Crippen molar-refractivity contribution in [2.45, 2.75) is 18.4 Å². The Bertz CT molecular complexity index is 1170. The monoisotopic (exact) mass is 388 g/mol. The van der Waals surface area contributed by atoms with Gasteiger partial charge in [-0.05, 0) is 34.7 Å². The maximum atomic E-state index is 11.3. The Morgan fingerprint density at radius 1 is 1.21 bits per heavy atom. The minimum atomic E-state index is -0.465. The number of hydrogen-bond acceptors (Lipinski definition) is 5. The summed E-state index contributed by atoms with van der Waals surface area (Å²) in [6, 6.07) is 14.9. The average Bonchev–Trinajstić information content (AvgIpc) is 3.23. The molecule has 0 saturated heterocycles. The molecule has 6 heteroatoms. The molecule has 2 N–H and O–H groups in total. The van der Waals surface area contributed by atoms with Crippen molar-refractivity contribution in [3.63, 3.8) is 0 Å². The van der Waals surface area contributed by atoms with Gasteiger partial charge >= 0.3 is 0 Å². The van der Waals surface area contributed by atoms with Gasteiger partial charge in [0.2, 0.25) is 0 Å². The summed E-state index contributed by atoms with van der Waals surface area (Å²) in [6.45, 7) is 0. The third-order valence-electron chi connectivity index (χ3n) is 6.11. The second-order valence-corrected chi connectivity index (χ2v) is 7.56. The number of nitrogens with zero attached hydrogens (tertiary/aromatic N) is 1. The number of allylic oxidation sites excluding steroid dienone is 2. The fourth-order valence-electron chi connectivity index (χ4n) is 4.83. The fourth-order valence-corrected chi connectivity index (χ4v) is 4.83. The van der Waals surface area contributed by atoms with Crippen LogP contribution in [0.1, 0.15) is 29.5 Å². The zero-order valence-corrected chi connectivity index (χ0v) is 15.8. The van der Waals surface area contributed by atoms with Gasteiger partial charge in [-0.15, -0.1) is 0 Å². The Morgan fingerprint density at radius 3 is 2.83 bits per heavy atom. The second kappa shape index (κ2) is 6.51. The predicted molar refractivity (Wildman–Crippen MR) is 112 cm³/mol. The molecule has 146 valence electrons. The Kier molecular flexibility index (Phi) is 3.94. The van der Waals surface area contributed by atoms with Crippen LogP contribution in [0, 0.1) is 16.0 Å². The van der Waals surface area contributed by atoms with Crippen LogP contribution in [0.3, 0.4) is 0 Å². The highest BCUT2D eigenvalue weighted by Gasteiger charge is 2.41. The lowest BCUT2D eigenvalue weighted by Crippen LogP contribution is -2.29. The van der Waals surface area contributed by atoms with E-state index in [2.05, 4.69) is 29.6 Å². The zero-order valence-electron chi connectivity index (χ0n) is 15.8. The molecule has 1 aliphatic carbocycles. The summed E-state index contributed by atoms with van der Waals surface area (Å²) < 4.78 is 5.71. The first-order chi connectivity index (χ1) is 14.1. The molecular formula is C23H20N2O4. The molecule has 3 unspecified atom stereocenters. The largest absolute Gasteiger partial charge is 0.506 e. The third-order valence-corrected chi connectivity index (χ3v) is 6.11. The van der Waals surface area contributed by atoms with Gasteiger partial charge in [0.1, 0.15) is 11.5 Å². The maximum Gasteiger partial charge on any atom is 0.273 e. The van der Waals surface area contributed by atoms with Gasteiger partial charge in [-0.1, -0.05) is 42.5 Å². The van der Waals surface area contributed by atoms with Crippen LogP contribution in [0.15, 0.2) is 60.7 Å². The number of ether oxygens (including phenoxy) is 1. The molecule has 0 fully saturated rings. The number of phenolic OH excluding ortho intramolecular Hbond substituents is 1. The number of rotatable bonds is 3. The Morgan fingerprint density at radius 2 is 2.03 bits per heavy atom. The number of fused-ring (bicyclic) bond motifs is 4. The predicted octanol–water partition coefficient (Wildman–Crippen LogP) is 5.29. The van der Waals surface area contributed by atoms with Crippen LogP contribution in [0.25, 0.3) is 10.8 Å². The first kappa shape index (κ1) is 17.6. The highest BCUT2D eigenvalue weighted by molar-refractivity contribution is 5.89. The number of nitro groups is 1. The van der Waals surface area contributed by atoms with E-state index in [9.17, 15) is 15.2 Å². The van der Waals surface area contributed by atoms with Crippen molar-refractivity contribution in [2.75, 3.05) is 12.4 Å². The highest BCUT2D eigenvalue weighted by atomic mass is 16.6. The molecule has 1 heterocycles. The van der Waals surface area contributed by atoms with Gasteiger partial charge in [0, 0.05) is 17.5 Å². The normalized spacial score (nSPS) is 22.0. The molecule has 6 nitrogen and oxygen atoms in total. The van der Waals surface area contributed by atoms with Crippen LogP contribution < -0.4 is 10.1 Å². The number of phenols is 1. The molecule has 1 aliphatic heterocycles. The van der Waals surface area contributed by atoms with Gasteiger partial charge < -0.3 is 15.2 Å². The third kappa shape index (κ3) is 2.63. The van der Waals surface area contributed by atoms with E-state index in [0.717, 1.165) is 34.1 Å². The van der Waals surface area contributed by atoms with Crippen molar-refractivity contribution >= 4 is 22.1 Å². The number of nitrogens with one attached hydrogen (secondary N) is 1. The molecule has 0 aromatic heterocycles. The van der Waals surface area contributed by atoms with Gasteiger partial charge in [-0.25, -0.2) is 0 Å². The number of aromatic hydroxyl groups is 1. The van der Waals surface area contributed by atoms with Gasteiger partial charge in [0.25, 0.3) is 5.69 Å². The molecule has 0 bridgehead atoms. The summed E-state index contributed by atoms with van der Waals surface area (Å²) in [5, 5.41) is 27.6. The van der Waals surface area contributed by atoms with Crippen molar-refractivity contribution in [3.05, 3.63) is 81.9 Å². The minimum absolute atomic E-state index is 0.00859. The molecule has 29 heavy (non-hydrogen) atoms. The van der Waals surface area contributed by atoms with Crippen LogP contribution >= 0.6 is 0 Å². The number of methoxy groups -OCH3 is 1. The Balaban J connectivity index is 1.72. The first-order valence-corrected chi connectivity index (χ1v) is 9.58. The van der Waals surface area contributed by atoms with Crippen LogP contribution in [-0.4, -0.2) is 17.1 Å². The second-order valence-electron chi connectivity index (χ2n) is 7.56. The summed E-state index contributed by atoms with van der Waals surface area (Å²) >= 11 is 0. The van der Waals surface area contributed by atoms with E-state index in [0.29, 0.717) is 5.69 Å². The Labute approximate surface area is 167 Å². The standard InChI is InChI=1S/C23H20N2O4/c1-29-20-10-9-13-5-2-3-6-15(13)21(20)23-17-8-4-7-16(17)18-11-14(25(27)28)12-19(26)22(18)24-23/h2-7,9-12,16-17,23-24,26H,8H2,1H3. The maximum absolute atomic E-state index is 11.3. The van der Waals surface area contributed by atoms with Crippen molar-refractivity contribution < 1.29 is 14.8 Å². The molecule has 3 aromatic rings. The number of nitro benzene ring substituents is 1. The fraction of sp³-hybridized carbons (Fsp3) is 0.217. The molecule has 0 spiro atoms. The summed E-state index contributed by atoms with van der Waals surface area (Å²) in [5.41, 5.74) is 2.28. The SMILES string of the molecule is COc1ccc2ccccc2c1C1Nc2c(O)cc([N+](=O)[O-])cc2C2C=CCC21. The highest BCUT2D eigenvalue weighted by Crippen LogP contribution is 2.55. The molecule has 2 aliphatic rings. The lowest BCUT2D eigenvalue weighted by molar-refractivity contribution is -0.385. The molecule has 3 atom stereocenters.